The molecule has 0 spiro atoms. The Bertz CT molecular complexity index is 816. The molecule has 0 aliphatic carbocycles. The third kappa shape index (κ3) is 2.79. The molecule has 0 atom stereocenters. The van der Waals surface area contributed by atoms with Gasteiger partial charge in [0.25, 0.3) is 0 Å². The van der Waals surface area contributed by atoms with E-state index in [2.05, 4.69) is 15.3 Å². The summed E-state index contributed by atoms with van der Waals surface area (Å²) in [4.78, 5) is 18.1. The molecule has 0 radical (unpaired) electrons. The van der Waals surface area contributed by atoms with Crippen LogP contribution in [0.15, 0.2) is 52.8 Å². The number of imidazole rings is 1. The number of nitrogens with one attached hydrogen (secondary N) is 2. The van der Waals surface area contributed by atoms with Crippen LogP contribution in [0.1, 0.15) is 6.92 Å². The van der Waals surface area contributed by atoms with Gasteiger partial charge < -0.3 is 24.6 Å². The maximum Gasteiger partial charge on any atom is 0.174 e. The molecule has 2 heterocycles. The number of benzene rings is 1. The van der Waals surface area contributed by atoms with E-state index in [4.69, 9.17) is 4.42 Å². The Morgan fingerprint density at radius 3 is 3.00 bits per heavy atom. The van der Waals surface area contributed by atoms with Gasteiger partial charge in [-0.05, 0) is 43.3 Å². The first-order valence-corrected chi connectivity index (χ1v) is 6.32. The van der Waals surface area contributed by atoms with Gasteiger partial charge in [-0.2, -0.15) is 0 Å². The zero-order chi connectivity index (χ0) is 14.8. The second kappa shape index (κ2) is 5.16. The number of carbonyl (C=O) groups excluding carboxylic acids is 1. The van der Waals surface area contributed by atoms with E-state index >= 15 is 0 Å². The lowest BCUT2D eigenvalue weighted by Gasteiger charge is -2.06. The lowest BCUT2D eigenvalue weighted by Crippen LogP contribution is -2.20. The van der Waals surface area contributed by atoms with Gasteiger partial charge in [0.2, 0.25) is 0 Å². The number of carbonyl (C=O) groups is 1. The highest BCUT2D eigenvalue weighted by atomic mass is 16.4. The molecule has 6 nitrogen and oxygen atoms in total. The van der Waals surface area contributed by atoms with Crippen LogP contribution < -0.4 is 10.4 Å². The molecular formula is C15H12N3O3-. The summed E-state index contributed by atoms with van der Waals surface area (Å²) in [5.41, 5.74) is 2.87. The molecule has 0 aliphatic rings. The first-order valence-electron chi connectivity index (χ1n) is 6.32. The predicted octanol–water partition coefficient (Wildman–Crippen LogP) is 1.89. The van der Waals surface area contributed by atoms with E-state index in [0.29, 0.717) is 17.3 Å². The van der Waals surface area contributed by atoms with Crippen molar-refractivity contribution in [1.29, 1.82) is 0 Å². The maximum atomic E-state index is 10.5. The van der Waals surface area contributed by atoms with Crippen molar-refractivity contribution < 1.29 is 14.3 Å². The molecule has 2 N–H and O–H groups in total. The minimum atomic E-state index is -1.23. The minimum absolute atomic E-state index is 0.486. The second-order valence-electron chi connectivity index (χ2n) is 4.57. The summed E-state index contributed by atoms with van der Waals surface area (Å²) in [7, 11) is 0. The molecule has 3 rings (SSSR count). The number of anilines is 1. The number of fused-ring (bicyclic) bond motifs is 1. The highest BCUT2D eigenvalue weighted by Gasteiger charge is 2.07. The third-order valence-corrected chi connectivity index (χ3v) is 2.91. The maximum absolute atomic E-state index is 10.5. The average Bonchev–Trinajstić information content (AvgIpc) is 3.05. The number of hydrogen-bond donors (Lipinski definition) is 2. The van der Waals surface area contributed by atoms with Gasteiger partial charge in [-0.25, -0.2) is 4.98 Å². The largest absolute Gasteiger partial charge is 0.545 e. The van der Waals surface area contributed by atoms with Crippen molar-refractivity contribution in [3.05, 3.63) is 48.4 Å². The van der Waals surface area contributed by atoms with Crippen molar-refractivity contribution in [3.8, 4) is 11.6 Å². The van der Waals surface area contributed by atoms with Gasteiger partial charge in [0.1, 0.15) is 0 Å². The van der Waals surface area contributed by atoms with E-state index in [0.717, 1.165) is 22.8 Å². The summed E-state index contributed by atoms with van der Waals surface area (Å²) in [5, 5.41) is 13.5. The number of aromatic amines is 1. The molecule has 0 bridgehead atoms. The lowest BCUT2D eigenvalue weighted by atomic mass is 10.2. The summed E-state index contributed by atoms with van der Waals surface area (Å²) >= 11 is 0. The Kier molecular flexibility index (Phi) is 3.19. The number of rotatable bonds is 4. The van der Waals surface area contributed by atoms with Crippen LogP contribution in [0.5, 0.6) is 0 Å². The number of H-pyrrole nitrogens is 1. The first-order chi connectivity index (χ1) is 10.1. The Morgan fingerprint density at radius 1 is 1.43 bits per heavy atom. The van der Waals surface area contributed by atoms with E-state index in [9.17, 15) is 9.90 Å². The normalized spacial score (nSPS) is 11.8. The number of allylic oxidation sites excluding steroid dienone is 1. The summed E-state index contributed by atoms with van der Waals surface area (Å²) in [6, 6.07) is 9.13. The van der Waals surface area contributed by atoms with Crippen LogP contribution in [0.25, 0.3) is 22.6 Å². The smallest absolute Gasteiger partial charge is 0.174 e. The highest BCUT2D eigenvalue weighted by Crippen LogP contribution is 2.23. The van der Waals surface area contributed by atoms with Gasteiger partial charge in [0, 0.05) is 11.4 Å². The number of carboxylic acids is 1. The van der Waals surface area contributed by atoms with Gasteiger partial charge in [0.05, 0.1) is 23.3 Å². The summed E-state index contributed by atoms with van der Waals surface area (Å²) in [5.74, 6) is 0.0746. The fourth-order valence-corrected chi connectivity index (χ4v) is 2.06. The Balaban J connectivity index is 1.92. The molecule has 21 heavy (non-hydrogen) atoms. The zero-order valence-electron chi connectivity index (χ0n) is 11.2. The van der Waals surface area contributed by atoms with E-state index < -0.39 is 5.97 Å². The molecule has 0 saturated heterocycles. The van der Waals surface area contributed by atoms with Crippen LogP contribution in [0.2, 0.25) is 0 Å². The van der Waals surface area contributed by atoms with Crippen molar-refractivity contribution in [2.75, 3.05) is 5.32 Å². The van der Waals surface area contributed by atoms with Gasteiger partial charge in [-0.1, -0.05) is 0 Å². The van der Waals surface area contributed by atoms with Gasteiger partial charge in [-0.3, -0.25) is 0 Å². The zero-order valence-corrected chi connectivity index (χ0v) is 11.2. The van der Waals surface area contributed by atoms with Crippen molar-refractivity contribution >= 4 is 22.7 Å². The highest BCUT2D eigenvalue weighted by molar-refractivity contribution is 5.83. The lowest BCUT2D eigenvalue weighted by molar-refractivity contribution is -0.297. The van der Waals surface area contributed by atoms with Crippen LogP contribution in [-0.4, -0.2) is 15.9 Å². The Hall–Kier alpha value is -3.02. The van der Waals surface area contributed by atoms with Gasteiger partial charge in [0.15, 0.2) is 11.6 Å². The number of hydrogen-bond acceptors (Lipinski definition) is 5. The quantitative estimate of drug-likeness (QED) is 0.713. The molecule has 0 aliphatic heterocycles. The molecule has 6 heteroatoms. The number of aromatic nitrogens is 2. The minimum Gasteiger partial charge on any atom is -0.545 e. The van der Waals surface area contributed by atoms with E-state index in [1.165, 1.54) is 0 Å². The summed E-state index contributed by atoms with van der Waals surface area (Å²) < 4.78 is 5.30. The Labute approximate surface area is 120 Å². The molecule has 0 unspecified atom stereocenters. The van der Waals surface area contributed by atoms with Crippen molar-refractivity contribution in [2.24, 2.45) is 0 Å². The monoisotopic (exact) mass is 282 g/mol. The fraction of sp³-hybridized carbons (Fsp3) is 0.0667. The van der Waals surface area contributed by atoms with Crippen molar-refractivity contribution in [2.45, 2.75) is 6.92 Å². The molecular weight excluding hydrogens is 270 g/mol. The van der Waals surface area contributed by atoms with Crippen molar-refractivity contribution in [1.82, 2.24) is 9.97 Å². The van der Waals surface area contributed by atoms with Gasteiger partial charge >= 0.3 is 0 Å². The van der Waals surface area contributed by atoms with Crippen molar-refractivity contribution in [3.63, 3.8) is 0 Å². The topological polar surface area (TPSA) is 94.0 Å². The van der Waals surface area contributed by atoms with E-state index in [1.54, 1.807) is 19.3 Å². The molecule has 0 amide bonds. The molecule has 0 saturated carbocycles. The van der Waals surface area contributed by atoms with Gasteiger partial charge in [-0.15, -0.1) is 0 Å². The van der Waals surface area contributed by atoms with Crippen LogP contribution in [-0.2, 0) is 4.79 Å². The molecule has 0 fully saturated rings. The number of furan rings is 1. The SMILES string of the molecule is C/C(=C/C(=O)[O-])Nc1ccc2nc(-c3ccco3)[nH]c2c1. The van der Waals surface area contributed by atoms with Crippen LogP contribution >= 0.6 is 0 Å². The van der Waals surface area contributed by atoms with Crippen LogP contribution in [0.3, 0.4) is 0 Å². The average molecular weight is 282 g/mol. The molecule has 2 aromatic heterocycles. The van der Waals surface area contributed by atoms with E-state index in [1.807, 2.05) is 24.3 Å². The molecule has 1 aromatic carbocycles. The predicted molar refractivity (Wildman–Crippen MR) is 76.2 cm³/mol. The summed E-state index contributed by atoms with van der Waals surface area (Å²) in [6.45, 7) is 1.65. The number of nitrogens with zero attached hydrogens (tertiary/aromatic N) is 1. The van der Waals surface area contributed by atoms with E-state index in [-0.39, 0.29) is 0 Å². The Morgan fingerprint density at radius 2 is 2.29 bits per heavy atom. The van der Waals surface area contributed by atoms with Crippen LogP contribution in [0.4, 0.5) is 5.69 Å². The number of carboxylic acid groups (broad SMARTS) is 1. The third-order valence-electron chi connectivity index (χ3n) is 2.91. The standard InChI is InChI=1S/C15H13N3O3/c1-9(7-14(19)20)16-10-4-5-11-12(8-10)18-15(17-11)13-3-2-6-21-13/h2-8,16H,1H3,(H,17,18)(H,19,20)/p-1/b9-7-. The van der Waals surface area contributed by atoms with Crippen LogP contribution in [0, 0.1) is 0 Å². The first kappa shape index (κ1) is 13.0. The molecule has 3 aromatic rings. The molecule has 106 valence electrons. The second-order valence-corrected chi connectivity index (χ2v) is 4.57. The summed E-state index contributed by atoms with van der Waals surface area (Å²) in [6.07, 6.45) is 2.59. The fourth-order valence-electron chi connectivity index (χ4n) is 2.06. The number of aliphatic carboxylic acids is 1.